The van der Waals surface area contributed by atoms with E-state index in [1.807, 2.05) is 42.5 Å². The van der Waals surface area contributed by atoms with E-state index in [9.17, 15) is 0 Å². The van der Waals surface area contributed by atoms with Crippen molar-refractivity contribution in [3.63, 3.8) is 0 Å². The van der Waals surface area contributed by atoms with E-state index in [4.69, 9.17) is 4.11 Å². The van der Waals surface area contributed by atoms with Gasteiger partial charge in [0, 0.05) is 37.0 Å². The van der Waals surface area contributed by atoms with Crippen LogP contribution in [0.1, 0.15) is 9.81 Å². The quantitative estimate of drug-likeness (QED) is 0.499. The molecule has 2 nitrogen and oxygen atoms in total. The molecule has 0 fully saturated rings. The molecule has 0 N–H and O–H groups in total. The number of aryl methyl sites for hydroxylation is 1. The molecule has 96 valence electrons. The van der Waals surface area contributed by atoms with Crippen molar-refractivity contribution < 1.29 is 4.11 Å². The fraction of sp³-hybridized carbons (Fsp3) is 0.0588. The molecule has 0 saturated carbocycles. The highest BCUT2D eigenvalue weighted by Crippen LogP contribution is 2.38. The van der Waals surface area contributed by atoms with Crippen LogP contribution in [0.3, 0.4) is 0 Å². The van der Waals surface area contributed by atoms with Crippen LogP contribution in [0.4, 0.5) is 0 Å². The van der Waals surface area contributed by atoms with E-state index in [1.165, 1.54) is 11.3 Å². The maximum Gasteiger partial charge on any atom is 0.124 e. The first-order chi connectivity index (χ1) is 11.0. The Bertz CT molecular complexity index is 1010. The molecule has 1 aromatic carbocycles. The molecule has 0 radical (unpaired) electrons. The predicted octanol–water partition coefficient (Wildman–Crippen LogP) is 4.82. The van der Waals surface area contributed by atoms with E-state index in [0.717, 1.165) is 31.6 Å². The molecule has 20 heavy (non-hydrogen) atoms. The highest BCUT2D eigenvalue weighted by atomic mass is 32.1. The second kappa shape index (κ2) is 4.39. The van der Waals surface area contributed by atoms with Gasteiger partial charge in [-0.2, -0.15) is 0 Å². The lowest BCUT2D eigenvalue weighted by Gasteiger charge is -2.01. The van der Waals surface area contributed by atoms with Crippen LogP contribution in [-0.2, 0) is 0 Å². The van der Waals surface area contributed by atoms with Gasteiger partial charge in [0.1, 0.15) is 4.83 Å². The Morgan fingerprint density at radius 1 is 1.00 bits per heavy atom. The van der Waals surface area contributed by atoms with Crippen molar-refractivity contribution in [1.29, 1.82) is 0 Å². The van der Waals surface area contributed by atoms with Crippen LogP contribution in [0.15, 0.2) is 54.7 Å². The zero-order valence-electron chi connectivity index (χ0n) is 13.5. The smallest absolute Gasteiger partial charge is 0.124 e. The Hall–Kier alpha value is -2.26. The number of hydrogen-bond acceptors (Lipinski definition) is 3. The highest BCUT2D eigenvalue weighted by molar-refractivity contribution is 7.26. The second-order valence-electron chi connectivity index (χ2n) is 4.55. The average Bonchev–Trinajstić information content (AvgIpc) is 2.92. The Kier molecular flexibility index (Phi) is 1.94. The number of fused-ring (bicyclic) bond motifs is 3. The van der Waals surface area contributed by atoms with E-state index in [-0.39, 0.29) is 5.69 Å². The number of benzene rings is 1. The summed E-state index contributed by atoms with van der Waals surface area (Å²) in [6, 6.07) is 15.3. The summed E-state index contributed by atoms with van der Waals surface area (Å²) in [6.07, 6.45) is 1.77. The van der Waals surface area contributed by atoms with E-state index in [2.05, 4.69) is 9.97 Å². The van der Waals surface area contributed by atoms with Gasteiger partial charge in [0.15, 0.2) is 0 Å². The summed E-state index contributed by atoms with van der Waals surface area (Å²) < 4.78 is 23.7. The summed E-state index contributed by atoms with van der Waals surface area (Å²) in [5.74, 6) is 0. The van der Waals surface area contributed by atoms with Crippen LogP contribution >= 0.6 is 11.3 Å². The van der Waals surface area contributed by atoms with Gasteiger partial charge in [-0.25, -0.2) is 4.98 Å². The molecule has 0 aliphatic rings. The average molecular weight is 279 g/mol. The van der Waals surface area contributed by atoms with Crippen molar-refractivity contribution in [3.8, 4) is 11.3 Å². The second-order valence-corrected chi connectivity index (χ2v) is 5.55. The molecule has 3 heterocycles. The standard InChI is InChI=1S/C17H12N2S/c1-11-8-9-13-12-5-4-6-14(15-7-2-3-10-18-15)16(12)20-17(13)19-11/h2-10H,1H3/i1D3. The van der Waals surface area contributed by atoms with Crippen molar-refractivity contribution in [3.05, 3.63) is 60.4 Å². The number of pyridine rings is 2. The van der Waals surface area contributed by atoms with Crippen LogP contribution in [0.25, 0.3) is 31.6 Å². The van der Waals surface area contributed by atoms with Crippen LogP contribution in [0.5, 0.6) is 0 Å². The third-order valence-corrected chi connectivity index (χ3v) is 4.45. The highest BCUT2D eigenvalue weighted by Gasteiger charge is 2.11. The predicted molar refractivity (Wildman–Crippen MR) is 85.1 cm³/mol. The number of hydrogen-bond donors (Lipinski definition) is 0. The van der Waals surface area contributed by atoms with E-state index in [0.29, 0.717) is 0 Å². The van der Waals surface area contributed by atoms with Gasteiger partial charge in [0.2, 0.25) is 0 Å². The van der Waals surface area contributed by atoms with Crippen molar-refractivity contribution >= 4 is 31.6 Å². The Labute approximate surface area is 125 Å². The van der Waals surface area contributed by atoms with Gasteiger partial charge in [-0.3, -0.25) is 4.98 Å². The van der Waals surface area contributed by atoms with Crippen LogP contribution in [0.2, 0.25) is 0 Å². The Balaban J connectivity index is 2.01. The summed E-state index contributed by atoms with van der Waals surface area (Å²) in [5, 5.41) is 2.06. The van der Waals surface area contributed by atoms with Crippen molar-refractivity contribution in [1.82, 2.24) is 9.97 Å². The summed E-state index contributed by atoms with van der Waals surface area (Å²) in [5.41, 5.74) is 2.08. The van der Waals surface area contributed by atoms with Crippen molar-refractivity contribution in [2.45, 2.75) is 6.85 Å². The first-order valence-corrected chi connectivity index (χ1v) is 7.10. The molecule has 0 aliphatic heterocycles. The molecule has 3 heteroatoms. The van der Waals surface area contributed by atoms with Gasteiger partial charge in [0.25, 0.3) is 0 Å². The van der Waals surface area contributed by atoms with Gasteiger partial charge in [-0.15, -0.1) is 11.3 Å². The van der Waals surface area contributed by atoms with Crippen LogP contribution in [0, 0.1) is 6.85 Å². The first kappa shape index (κ1) is 8.82. The Morgan fingerprint density at radius 3 is 2.85 bits per heavy atom. The molecule has 0 saturated heterocycles. The molecular weight excluding hydrogens is 264 g/mol. The molecule has 3 aromatic heterocycles. The lowest BCUT2D eigenvalue weighted by atomic mass is 10.1. The molecule has 0 spiro atoms. The summed E-state index contributed by atoms with van der Waals surface area (Å²) in [7, 11) is 0. The minimum Gasteiger partial charge on any atom is -0.256 e. The maximum atomic E-state index is 7.52. The molecular formula is C17H12N2S. The lowest BCUT2D eigenvalue weighted by molar-refractivity contribution is 1.27. The maximum absolute atomic E-state index is 7.52. The summed E-state index contributed by atoms with van der Waals surface area (Å²) in [4.78, 5) is 9.52. The molecule has 0 atom stereocenters. The molecule has 4 aromatic rings. The van der Waals surface area contributed by atoms with E-state index < -0.39 is 6.85 Å². The van der Waals surface area contributed by atoms with Gasteiger partial charge in [-0.05, 0) is 31.1 Å². The van der Waals surface area contributed by atoms with Gasteiger partial charge in [-0.1, -0.05) is 24.3 Å². The third kappa shape index (κ3) is 1.71. The van der Waals surface area contributed by atoms with Gasteiger partial charge in [0.05, 0.1) is 5.69 Å². The zero-order valence-corrected chi connectivity index (χ0v) is 11.3. The molecule has 4 rings (SSSR count). The molecule has 0 aliphatic carbocycles. The minimum atomic E-state index is -2.19. The monoisotopic (exact) mass is 279 g/mol. The first-order valence-electron chi connectivity index (χ1n) is 7.78. The van der Waals surface area contributed by atoms with Gasteiger partial charge >= 0.3 is 0 Å². The summed E-state index contributed by atoms with van der Waals surface area (Å²) >= 11 is 1.51. The minimum absolute atomic E-state index is 0.135. The molecule has 0 unspecified atom stereocenters. The fourth-order valence-corrected chi connectivity index (χ4v) is 3.60. The van der Waals surface area contributed by atoms with Crippen molar-refractivity contribution in [2.75, 3.05) is 0 Å². The lowest BCUT2D eigenvalue weighted by Crippen LogP contribution is -1.81. The largest absolute Gasteiger partial charge is 0.256 e. The molecule has 0 amide bonds. The third-order valence-electron chi connectivity index (χ3n) is 3.31. The topological polar surface area (TPSA) is 25.8 Å². The number of nitrogens with zero attached hydrogens (tertiary/aromatic N) is 2. The fourth-order valence-electron chi connectivity index (χ4n) is 2.40. The number of rotatable bonds is 1. The SMILES string of the molecule is [2H]C([2H])([2H])c1ccc2c(n1)sc1c(-c3ccccn3)cccc12. The number of aromatic nitrogens is 2. The summed E-state index contributed by atoms with van der Waals surface area (Å²) in [6.45, 7) is -2.19. The van der Waals surface area contributed by atoms with Crippen LogP contribution < -0.4 is 0 Å². The number of thiophene rings is 1. The van der Waals surface area contributed by atoms with Crippen LogP contribution in [-0.4, -0.2) is 9.97 Å². The van der Waals surface area contributed by atoms with Crippen molar-refractivity contribution in [2.24, 2.45) is 0 Å². The van der Waals surface area contributed by atoms with E-state index in [1.54, 1.807) is 12.3 Å². The van der Waals surface area contributed by atoms with E-state index >= 15 is 0 Å². The Morgan fingerprint density at radius 2 is 2.00 bits per heavy atom. The zero-order chi connectivity index (χ0) is 16.0. The normalized spacial score (nSPS) is 14.1. The molecule has 0 bridgehead atoms. The van der Waals surface area contributed by atoms with Gasteiger partial charge < -0.3 is 0 Å².